The molecule has 0 aliphatic carbocycles. The fourth-order valence-electron chi connectivity index (χ4n) is 3.06. The number of esters is 2. The number of benzene rings is 1. The SMILES string of the molecule is CCOC(=O)c1c(C)[nH]c(C(=O)COC(=O)CCc2nc3ccccc3s2)c1C. The molecule has 0 bridgehead atoms. The highest BCUT2D eigenvalue weighted by Gasteiger charge is 2.23. The quantitative estimate of drug-likeness (QED) is 0.445. The van der Waals surface area contributed by atoms with Gasteiger partial charge in [0.25, 0.3) is 0 Å². The van der Waals surface area contributed by atoms with Crippen LogP contribution in [-0.4, -0.2) is 40.9 Å². The summed E-state index contributed by atoms with van der Waals surface area (Å²) in [5.41, 5.74) is 2.55. The first-order chi connectivity index (χ1) is 13.9. The van der Waals surface area contributed by atoms with Gasteiger partial charge in [-0.05, 0) is 38.5 Å². The lowest BCUT2D eigenvalue weighted by Gasteiger charge is -2.04. The van der Waals surface area contributed by atoms with E-state index in [9.17, 15) is 14.4 Å². The Labute approximate surface area is 172 Å². The van der Waals surface area contributed by atoms with Gasteiger partial charge in [0.1, 0.15) is 0 Å². The molecule has 0 saturated heterocycles. The molecule has 0 spiro atoms. The molecule has 0 aliphatic heterocycles. The zero-order valence-electron chi connectivity index (χ0n) is 16.5. The van der Waals surface area contributed by atoms with Gasteiger partial charge < -0.3 is 14.5 Å². The summed E-state index contributed by atoms with van der Waals surface area (Å²) in [6, 6.07) is 7.78. The van der Waals surface area contributed by atoms with Crippen LogP contribution in [0.15, 0.2) is 24.3 Å². The molecule has 0 atom stereocenters. The highest BCUT2D eigenvalue weighted by molar-refractivity contribution is 7.18. The number of nitrogens with zero attached hydrogens (tertiary/aromatic N) is 1. The van der Waals surface area contributed by atoms with Crippen LogP contribution < -0.4 is 0 Å². The minimum Gasteiger partial charge on any atom is -0.462 e. The third kappa shape index (κ3) is 4.71. The number of para-hydroxylation sites is 1. The predicted molar refractivity (Wildman–Crippen MR) is 109 cm³/mol. The standard InChI is InChI=1S/C21H22N2O5S/c1-4-27-21(26)19-12(2)20(22-13(19)3)15(24)11-28-18(25)10-9-17-23-14-7-5-6-8-16(14)29-17/h5-8,22H,4,9-11H2,1-3H3. The van der Waals surface area contributed by atoms with E-state index in [1.54, 1.807) is 20.8 Å². The lowest BCUT2D eigenvalue weighted by Crippen LogP contribution is -2.16. The van der Waals surface area contributed by atoms with E-state index >= 15 is 0 Å². The van der Waals surface area contributed by atoms with Gasteiger partial charge in [0.15, 0.2) is 6.61 Å². The number of Topliss-reactive ketones (excluding diaryl/α,β-unsaturated/α-hetero) is 1. The number of nitrogens with one attached hydrogen (secondary N) is 1. The summed E-state index contributed by atoms with van der Waals surface area (Å²) in [4.78, 5) is 43.9. The molecule has 0 fully saturated rings. The number of aromatic amines is 1. The smallest absolute Gasteiger partial charge is 0.340 e. The van der Waals surface area contributed by atoms with E-state index in [0.717, 1.165) is 15.2 Å². The number of carbonyl (C=O) groups excluding carboxylic acids is 3. The summed E-state index contributed by atoms with van der Waals surface area (Å²) >= 11 is 1.54. The molecule has 0 unspecified atom stereocenters. The van der Waals surface area contributed by atoms with E-state index in [0.29, 0.717) is 23.2 Å². The third-order valence-corrected chi connectivity index (χ3v) is 5.54. The van der Waals surface area contributed by atoms with Crippen LogP contribution in [0, 0.1) is 13.8 Å². The Morgan fingerprint density at radius 3 is 2.62 bits per heavy atom. The molecule has 1 aromatic carbocycles. The van der Waals surface area contributed by atoms with Crippen LogP contribution in [0.4, 0.5) is 0 Å². The Balaban J connectivity index is 1.55. The van der Waals surface area contributed by atoms with E-state index in [4.69, 9.17) is 9.47 Å². The Morgan fingerprint density at radius 2 is 1.90 bits per heavy atom. The molecule has 3 rings (SSSR count). The van der Waals surface area contributed by atoms with E-state index in [1.165, 1.54) is 11.3 Å². The van der Waals surface area contributed by atoms with Crippen LogP contribution in [-0.2, 0) is 20.7 Å². The molecule has 2 aromatic heterocycles. The number of ketones is 1. The number of carbonyl (C=O) groups is 3. The molecule has 2 heterocycles. The Morgan fingerprint density at radius 1 is 1.14 bits per heavy atom. The number of hydrogen-bond donors (Lipinski definition) is 1. The fourth-order valence-corrected chi connectivity index (χ4v) is 4.03. The minimum atomic E-state index is -0.481. The second kappa shape index (κ2) is 9.00. The molecular weight excluding hydrogens is 392 g/mol. The van der Waals surface area contributed by atoms with Crippen molar-refractivity contribution in [3.63, 3.8) is 0 Å². The van der Waals surface area contributed by atoms with Gasteiger partial charge in [-0.25, -0.2) is 9.78 Å². The number of aromatic nitrogens is 2. The monoisotopic (exact) mass is 414 g/mol. The number of H-pyrrole nitrogens is 1. The molecule has 0 aliphatic rings. The van der Waals surface area contributed by atoms with E-state index in [2.05, 4.69) is 9.97 Å². The van der Waals surface area contributed by atoms with E-state index in [-0.39, 0.29) is 25.3 Å². The van der Waals surface area contributed by atoms with Gasteiger partial charge in [-0.15, -0.1) is 11.3 Å². The van der Waals surface area contributed by atoms with Crippen molar-refractivity contribution in [2.45, 2.75) is 33.6 Å². The zero-order chi connectivity index (χ0) is 21.0. The number of aryl methyl sites for hydroxylation is 2. The molecule has 0 amide bonds. The van der Waals surface area contributed by atoms with Crippen molar-refractivity contribution in [3.05, 3.63) is 51.8 Å². The van der Waals surface area contributed by atoms with Crippen LogP contribution in [0.5, 0.6) is 0 Å². The number of hydrogen-bond acceptors (Lipinski definition) is 7. The molecular formula is C21H22N2O5S. The number of ether oxygens (including phenoxy) is 2. The Bertz CT molecular complexity index is 1030. The van der Waals surface area contributed by atoms with Crippen molar-refractivity contribution in [1.82, 2.24) is 9.97 Å². The molecule has 3 aromatic rings. The summed E-state index contributed by atoms with van der Waals surface area (Å²) in [5, 5.41) is 0.851. The zero-order valence-corrected chi connectivity index (χ0v) is 17.4. The number of thiazole rings is 1. The van der Waals surface area contributed by atoms with Crippen LogP contribution in [0.2, 0.25) is 0 Å². The van der Waals surface area contributed by atoms with E-state index in [1.807, 2.05) is 24.3 Å². The number of fused-ring (bicyclic) bond motifs is 1. The molecule has 152 valence electrons. The average Bonchev–Trinajstić information content (AvgIpc) is 3.24. The first-order valence-electron chi connectivity index (χ1n) is 9.30. The lowest BCUT2D eigenvalue weighted by molar-refractivity contribution is -0.142. The normalized spacial score (nSPS) is 10.9. The molecule has 7 nitrogen and oxygen atoms in total. The summed E-state index contributed by atoms with van der Waals surface area (Å²) in [6.07, 6.45) is 0.601. The van der Waals surface area contributed by atoms with Gasteiger partial charge >= 0.3 is 11.9 Å². The van der Waals surface area contributed by atoms with E-state index < -0.39 is 17.7 Å². The van der Waals surface area contributed by atoms with Gasteiger partial charge in [0, 0.05) is 12.1 Å². The van der Waals surface area contributed by atoms with Gasteiger partial charge in [-0.2, -0.15) is 0 Å². The second-order valence-electron chi connectivity index (χ2n) is 6.50. The van der Waals surface area contributed by atoms with Crippen LogP contribution in [0.25, 0.3) is 10.2 Å². The molecule has 1 N–H and O–H groups in total. The van der Waals surface area contributed by atoms with Crippen LogP contribution in [0.3, 0.4) is 0 Å². The molecule has 29 heavy (non-hydrogen) atoms. The topological polar surface area (TPSA) is 98.4 Å². The summed E-state index contributed by atoms with van der Waals surface area (Å²) in [6.45, 7) is 4.94. The van der Waals surface area contributed by atoms with Gasteiger partial charge in [0.05, 0.1) is 39.5 Å². The van der Waals surface area contributed by atoms with Gasteiger partial charge in [-0.1, -0.05) is 12.1 Å². The van der Waals surface area contributed by atoms with Crippen molar-refractivity contribution < 1.29 is 23.9 Å². The van der Waals surface area contributed by atoms with Crippen molar-refractivity contribution in [3.8, 4) is 0 Å². The van der Waals surface area contributed by atoms with Gasteiger partial charge in [0.2, 0.25) is 5.78 Å². The fraction of sp³-hybridized carbons (Fsp3) is 0.333. The van der Waals surface area contributed by atoms with Crippen LogP contribution in [0.1, 0.15) is 50.5 Å². The minimum absolute atomic E-state index is 0.143. The van der Waals surface area contributed by atoms with Crippen molar-refractivity contribution in [2.75, 3.05) is 13.2 Å². The van der Waals surface area contributed by atoms with Crippen molar-refractivity contribution >= 4 is 39.3 Å². The predicted octanol–water partition coefficient (Wildman–Crippen LogP) is 3.78. The largest absolute Gasteiger partial charge is 0.462 e. The van der Waals surface area contributed by atoms with Crippen LogP contribution >= 0.6 is 11.3 Å². The first kappa shape index (κ1) is 20.7. The van der Waals surface area contributed by atoms with Gasteiger partial charge in [-0.3, -0.25) is 9.59 Å². The maximum atomic E-state index is 12.4. The summed E-state index contributed by atoms with van der Waals surface area (Å²) < 4.78 is 11.2. The molecule has 0 radical (unpaired) electrons. The lowest BCUT2D eigenvalue weighted by atomic mass is 10.1. The average molecular weight is 414 g/mol. The maximum absolute atomic E-state index is 12.4. The summed E-state index contributed by atoms with van der Waals surface area (Å²) in [7, 11) is 0. The Hall–Kier alpha value is -3.00. The molecule has 8 heteroatoms. The third-order valence-electron chi connectivity index (χ3n) is 4.44. The first-order valence-corrected chi connectivity index (χ1v) is 10.1. The highest BCUT2D eigenvalue weighted by atomic mass is 32.1. The van der Waals surface area contributed by atoms with Crippen molar-refractivity contribution in [2.24, 2.45) is 0 Å². The highest BCUT2D eigenvalue weighted by Crippen LogP contribution is 2.23. The molecule has 0 saturated carbocycles. The van der Waals surface area contributed by atoms with Crippen molar-refractivity contribution in [1.29, 1.82) is 0 Å². The second-order valence-corrected chi connectivity index (χ2v) is 7.62. The number of rotatable bonds is 8. The maximum Gasteiger partial charge on any atom is 0.340 e. The Kier molecular flexibility index (Phi) is 6.43. The summed E-state index contributed by atoms with van der Waals surface area (Å²) in [5.74, 6) is -1.34.